The number of anilines is 1. The summed E-state index contributed by atoms with van der Waals surface area (Å²) < 4.78 is 4.83. The predicted octanol–water partition coefficient (Wildman–Crippen LogP) is 1.02. The van der Waals surface area contributed by atoms with Crippen LogP contribution >= 0.6 is 11.8 Å². The number of carbonyl (C=O) groups excluding carboxylic acids is 2. The summed E-state index contributed by atoms with van der Waals surface area (Å²) in [6.45, 7) is 7.59. The maximum atomic E-state index is 11.7. The van der Waals surface area contributed by atoms with Crippen LogP contribution in [0, 0.1) is 0 Å². The Morgan fingerprint density at radius 1 is 1.62 bits per heavy atom. The molecule has 1 unspecified atom stereocenters. The second kappa shape index (κ2) is 8.25. The van der Waals surface area contributed by atoms with Crippen molar-refractivity contribution in [2.24, 2.45) is 0 Å². The fourth-order valence-corrected chi connectivity index (χ4v) is 2.10. The normalized spacial score (nSPS) is 11.5. The second-order valence-electron chi connectivity index (χ2n) is 3.97. The van der Waals surface area contributed by atoms with Crippen molar-refractivity contribution >= 4 is 29.5 Å². The summed E-state index contributed by atoms with van der Waals surface area (Å²) in [5, 5.41) is 2.60. The van der Waals surface area contributed by atoms with Crippen molar-refractivity contribution in [1.82, 2.24) is 15.3 Å². The number of rotatable bonds is 7. The zero-order valence-electron chi connectivity index (χ0n) is 12.0. The topological polar surface area (TPSA) is 107 Å². The molecule has 1 atom stereocenters. The number of hydrogen-bond donors (Lipinski definition) is 2. The van der Waals surface area contributed by atoms with E-state index in [1.54, 1.807) is 19.9 Å². The molecule has 114 valence electrons. The van der Waals surface area contributed by atoms with Crippen molar-refractivity contribution in [3.05, 3.63) is 24.4 Å². The number of hydrogen-bond acceptors (Lipinski definition) is 7. The van der Waals surface area contributed by atoms with Gasteiger partial charge in [-0.05, 0) is 13.8 Å². The van der Waals surface area contributed by atoms with Gasteiger partial charge in [-0.2, -0.15) is 0 Å². The first-order valence-corrected chi connectivity index (χ1v) is 7.22. The molecule has 3 N–H and O–H groups in total. The van der Waals surface area contributed by atoms with Crippen LogP contribution in [0.1, 0.15) is 24.2 Å². The lowest BCUT2D eigenvalue weighted by molar-refractivity contribution is -0.120. The molecule has 1 aromatic rings. The lowest BCUT2D eigenvalue weighted by Gasteiger charge is -2.10. The molecule has 0 fully saturated rings. The monoisotopic (exact) mass is 310 g/mol. The summed E-state index contributed by atoms with van der Waals surface area (Å²) in [5.41, 5.74) is 5.82. The average Bonchev–Trinajstić information content (AvgIpc) is 2.44. The highest BCUT2D eigenvalue weighted by atomic mass is 32.2. The minimum Gasteiger partial charge on any atom is -0.462 e. The molecule has 0 saturated heterocycles. The van der Waals surface area contributed by atoms with Crippen LogP contribution in [0.15, 0.2) is 24.0 Å². The van der Waals surface area contributed by atoms with Gasteiger partial charge in [-0.25, -0.2) is 14.8 Å². The number of carbonyl (C=O) groups is 2. The Hall–Kier alpha value is -2.09. The van der Waals surface area contributed by atoms with Crippen LogP contribution in [0.2, 0.25) is 0 Å². The summed E-state index contributed by atoms with van der Waals surface area (Å²) in [4.78, 5) is 31.3. The summed E-state index contributed by atoms with van der Waals surface area (Å²) in [5.74, 6) is -0.690. The number of nitrogens with two attached hydrogens (primary N) is 1. The zero-order valence-corrected chi connectivity index (χ0v) is 12.8. The molecule has 1 heterocycles. The molecule has 1 rings (SSSR count). The van der Waals surface area contributed by atoms with Crippen molar-refractivity contribution in [2.45, 2.75) is 24.3 Å². The lowest BCUT2D eigenvalue weighted by Crippen LogP contribution is -2.31. The number of nitrogen functional groups attached to an aromatic ring is 1. The van der Waals surface area contributed by atoms with Gasteiger partial charge in [0.25, 0.3) is 0 Å². The Morgan fingerprint density at radius 2 is 2.33 bits per heavy atom. The van der Waals surface area contributed by atoms with Gasteiger partial charge in [0, 0.05) is 12.7 Å². The van der Waals surface area contributed by atoms with E-state index in [1.807, 2.05) is 0 Å². The Morgan fingerprint density at radius 3 is 2.90 bits per heavy atom. The summed E-state index contributed by atoms with van der Waals surface area (Å²) in [7, 11) is 0. The third kappa shape index (κ3) is 5.07. The Kier molecular flexibility index (Phi) is 6.67. The van der Waals surface area contributed by atoms with Crippen molar-refractivity contribution in [1.29, 1.82) is 0 Å². The molecular weight excluding hydrogens is 292 g/mol. The first-order valence-electron chi connectivity index (χ1n) is 6.34. The van der Waals surface area contributed by atoms with Gasteiger partial charge in [0.2, 0.25) is 5.91 Å². The van der Waals surface area contributed by atoms with Crippen molar-refractivity contribution in [3.8, 4) is 0 Å². The minimum absolute atomic E-state index is 0.0321. The van der Waals surface area contributed by atoms with Gasteiger partial charge in [-0.15, -0.1) is 6.58 Å². The van der Waals surface area contributed by atoms with E-state index >= 15 is 0 Å². The van der Waals surface area contributed by atoms with Crippen LogP contribution in [0.5, 0.6) is 0 Å². The molecule has 0 bridgehead atoms. The van der Waals surface area contributed by atoms with E-state index in [0.717, 1.165) is 11.8 Å². The highest BCUT2D eigenvalue weighted by Gasteiger charge is 2.18. The van der Waals surface area contributed by atoms with Gasteiger partial charge < -0.3 is 15.8 Å². The zero-order chi connectivity index (χ0) is 15.8. The van der Waals surface area contributed by atoms with Crippen LogP contribution in [0.25, 0.3) is 0 Å². The highest BCUT2D eigenvalue weighted by Crippen LogP contribution is 2.21. The molecule has 21 heavy (non-hydrogen) atoms. The molecule has 0 aromatic carbocycles. The molecule has 8 heteroatoms. The van der Waals surface area contributed by atoms with Gasteiger partial charge in [-0.1, -0.05) is 17.8 Å². The van der Waals surface area contributed by atoms with E-state index in [-0.39, 0.29) is 23.9 Å². The van der Waals surface area contributed by atoms with Crippen LogP contribution in [0.3, 0.4) is 0 Å². The molecule has 0 aliphatic carbocycles. The van der Waals surface area contributed by atoms with Crippen LogP contribution < -0.4 is 11.1 Å². The third-order valence-corrected chi connectivity index (χ3v) is 3.34. The number of nitrogens with zero attached hydrogens (tertiary/aromatic N) is 2. The van der Waals surface area contributed by atoms with Gasteiger partial charge in [-0.3, -0.25) is 4.79 Å². The van der Waals surface area contributed by atoms with Crippen molar-refractivity contribution in [3.63, 3.8) is 0 Å². The predicted molar refractivity (Wildman–Crippen MR) is 80.9 cm³/mol. The molecule has 1 amide bonds. The van der Waals surface area contributed by atoms with E-state index in [2.05, 4.69) is 21.9 Å². The van der Waals surface area contributed by atoms with E-state index in [9.17, 15) is 9.59 Å². The number of aromatic nitrogens is 2. The molecular formula is C13H18N4O3S. The molecule has 0 spiro atoms. The average molecular weight is 310 g/mol. The van der Waals surface area contributed by atoms with E-state index in [0.29, 0.717) is 11.7 Å². The van der Waals surface area contributed by atoms with E-state index < -0.39 is 11.2 Å². The fraction of sp³-hybridized carbons (Fsp3) is 0.385. The summed E-state index contributed by atoms with van der Waals surface area (Å²) in [6.07, 6.45) is 2.90. The second-order valence-corrected chi connectivity index (χ2v) is 5.27. The van der Waals surface area contributed by atoms with Gasteiger partial charge >= 0.3 is 5.97 Å². The number of thioether (sulfide) groups is 1. The third-order valence-electron chi connectivity index (χ3n) is 2.36. The largest absolute Gasteiger partial charge is 0.462 e. The quantitative estimate of drug-likeness (QED) is 0.335. The summed E-state index contributed by atoms with van der Waals surface area (Å²) >= 11 is 1.15. The summed E-state index contributed by atoms with van der Waals surface area (Å²) in [6, 6.07) is 0. The van der Waals surface area contributed by atoms with Crippen molar-refractivity contribution < 1.29 is 14.3 Å². The van der Waals surface area contributed by atoms with E-state index in [1.165, 1.54) is 6.20 Å². The molecule has 7 nitrogen and oxygen atoms in total. The SMILES string of the molecule is C=CCNC(=O)C(C)Sc1ncc(C(=O)OCC)c(N)n1. The number of amides is 1. The molecule has 0 aliphatic rings. The first-order chi connectivity index (χ1) is 9.99. The Bertz CT molecular complexity index is 536. The van der Waals surface area contributed by atoms with Crippen LogP contribution in [-0.2, 0) is 9.53 Å². The van der Waals surface area contributed by atoms with Crippen molar-refractivity contribution in [2.75, 3.05) is 18.9 Å². The molecule has 0 aliphatic heterocycles. The lowest BCUT2D eigenvalue weighted by atomic mass is 10.3. The highest BCUT2D eigenvalue weighted by molar-refractivity contribution is 8.00. The van der Waals surface area contributed by atoms with Gasteiger partial charge in [0.05, 0.1) is 11.9 Å². The van der Waals surface area contributed by atoms with Gasteiger partial charge in [0.1, 0.15) is 11.4 Å². The standard InChI is InChI=1S/C13H18N4O3S/c1-4-6-15-11(18)8(3)21-13-16-7-9(10(14)17-13)12(19)20-5-2/h4,7-8H,1,5-6H2,2-3H3,(H,15,18)(H2,14,16,17). The number of esters is 1. The van der Waals surface area contributed by atoms with E-state index in [4.69, 9.17) is 10.5 Å². The Labute approximate surface area is 127 Å². The Balaban J connectivity index is 2.73. The number of nitrogens with one attached hydrogen (secondary N) is 1. The maximum absolute atomic E-state index is 11.7. The first kappa shape index (κ1) is 17.0. The van der Waals surface area contributed by atoms with Crippen LogP contribution in [-0.4, -0.2) is 40.2 Å². The maximum Gasteiger partial charge on any atom is 0.343 e. The fourth-order valence-electron chi connectivity index (χ4n) is 1.33. The van der Waals surface area contributed by atoms with Crippen LogP contribution in [0.4, 0.5) is 5.82 Å². The molecule has 1 aromatic heterocycles. The number of ether oxygens (including phenoxy) is 1. The minimum atomic E-state index is -0.566. The van der Waals surface area contributed by atoms with Gasteiger partial charge in [0.15, 0.2) is 5.16 Å². The molecule has 0 saturated carbocycles. The smallest absolute Gasteiger partial charge is 0.343 e. The molecule has 0 radical (unpaired) electrons.